The second-order valence-electron chi connectivity index (χ2n) is 5.51. The van der Waals surface area contributed by atoms with E-state index in [-0.39, 0.29) is 14.9 Å². The molecule has 20 heavy (non-hydrogen) atoms. The third kappa shape index (κ3) is 4.35. The van der Waals surface area contributed by atoms with Crippen LogP contribution < -0.4 is 0 Å². The number of halogens is 2. The third-order valence-electron chi connectivity index (χ3n) is 4.12. The molecule has 0 saturated heterocycles. The monoisotopic (exact) mass is 336 g/mol. The van der Waals surface area contributed by atoms with E-state index in [0.29, 0.717) is 0 Å². The van der Waals surface area contributed by atoms with Gasteiger partial charge < -0.3 is 0 Å². The highest BCUT2D eigenvalue weighted by Gasteiger charge is 2.26. The molecule has 112 valence electrons. The fraction of sp³-hybridized carbons (Fsp3) is 0.571. The Morgan fingerprint density at radius 2 is 1.40 bits per heavy atom. The van der Waals surface area contributed by atoms with Crippen molar-refractivity contribution >= 4 is 33.3 Å². The molecule has 3 saturated carbocycles. The molecular weight excluding hydrogens is 319 g/mol. The van der Waals surface area contributed by atoms with E-state index < -0.39 is 10.1 Å². The van der Waals surface area contributed by atoms with E-state index in [1.165, 1.54) is 12.1 Å². The van der Waals surface area contributed by atoms with Gasteiger partial charge in [-0.05, 0) is 30.0 Å². The van der Waals surface area contributed by atoms with Crippen LogP contribution in [0.2, 0.25) is 10.0 Å². The highest BCUT2D eigenvalue weighted by molar-refractivity contribution is 7.86. The van der Waals surface area contributed by atoms with Gasteiger partial charge in [0.05, 0.1) is 5.02 Å². The van der Waals surface area contributed by atoms with Gasteiger partial charge in [0.15, 0.2) is 0 Å². The highest BCUT2D eigenvalue weighted by atomic mass is 35.5. The van der Waals surface area contributed by atoms with Crippen molar-refractivity contribution in [2.24, 2.45) is 11.8 Å². The van der Waals surface area contributed by atoms with Gasteiger partial charge in [0.1, 0.15) is 4.90 Å². The molecule has 1 aromatic carbocycles. The minimum atomic E-state index is -4.27. The van der Waals surface area contributed by atoms with E-state index in [1.54, 1.807) is 38.5 Å². The Hall–Kier alpha value is -0.290. The summed E-state index contributed by atoms with van der Waals surface area (Å²) in [7, 11) is -4.27. The van der Waals surface area contributed by atoms with Gasteiger partial charge in [-0.1, -0.05) is 61.7 Å². The molecule has 0 aliphatic heterocycles. The summed E-state index contributed by atoms with van der Waals surface area (Å²) in [5.41, 5.74) is 0. The molecular formula is C14H18Cl2O3S. The predicted molar refractivity (Wildman–Crippen MR) is 81.0 cm³/mol. The average molecular weight is 337 g/mol. The SMILES string of the molecule is C1CC2CCC1CC2.O=S(=O)(O)c1cc(Cl)ccc1Cl. The van der Waals surface area contributed by atoms with E-state index in [9.17, 15) is 8.42 Å². The normalized spacial score (nSPS) is 24.9. The van der Waals surface area contributed by atoms with Crippen molar-refractivity contribution in [2.45, 2.75) is 43.4 Å². The Balaban J connectivity index is 0.000000157. The van der Waals surface area contributed by atoms with E-state index in [2.05, 4.69) is 0 Å². The van der Waals surface area contributed by atoms with E-state index in [1.807, 2.05) is 0 Å². The van der Waals surface area contributed by atoms with Gasteiger partial charge in [-0.25, -0.2) is 0 Å². The van der Waals surface area contributed by atoms with Gasteiger partial charge in [0, 0.05) is 5.02 Å². The van der Waals surface area contributed by atoms with Crippen molar-refractivity contribution in [1.29, 1.82) is 0 Å². The molecule has 0 spiro atoms. The van der Waals surface area contributed by atoms with Crippen LogP contribution in [-0.2, 0) is 10.1 Å². The van der Waals surface area contributed by atoms with E-state index in [4.69, 9.17) is 27.8 Å². The van der Waals surface area contributed by atoms with Gasteiger partial charge in [-0.15, -0.1) is 0 Å². The van der Waals surface area contributed by atoms with Crippen LogP contribution >= 0.6 is 23.2 Å². The third-order valence-corrected chi connectivity index (χ3v) is 5.69. The fourth-order valence-electron chi connectivity index (χ4n) is 2.96. The largest absolute Gasteiger partial charge is 0.296 e. The Kier molecular flexibility index (Phi) is 5.35. The van der Waals surface area contributed by atoms with Gasteiger partial charge >= 0.3 is 0 Å². The Bertz CT molecular complexity index is 541. The maximum Gasteiger partial charge on any atom is 0.296 e. The summed E-state index contributed by atoms with van der Waals surface area (Å²) in [4.78, 5) is -0.378. The second kappa shape index (κ2) is 6.65. The summed E-state index contributed by atoms with van der Waals surface area (Å²) in [6.45, 7) is 0. The molecule has 3 nitrogen and oxygen atoms in total. The molecule has 0 amide bonds. The van der Waals surface area contributed by atoms with Crippen LogP contribution in [0.15, 0.2) is 23.1 Å². The lowest BCUT2D eigenvalue weighted by Gasteiger charge is -2.35. The van der Waals surface area contributed by atoms with Crippen LogP contribution in [0.3, 0.4) is 0 Å². The van der Waals surface area contributed by atoms with Crippen molar-refractivity contribution in [2.75, 3.05) is 0 Å². The number of hydrogen-bond donors (Lipinski definition) is 1. The van der Waals surface area contributed by atoms with Crippen molar-refractivity contribution in [3.05, 3.63) is 28.2 Å². The van der Waals surface area contributed by atoms with Crippen LogP contribution in [0.25, 0.3) is 0 Å². The molecule has 3 aliphatic carbocycles. The molecule has 0 heterocycles. The zero-order valence-corrected chi connectivity index (χ0v) is 13.4. The summed E-state index contributed by atoms with van der Waals surface area (Å²) in [6.07, 6.45) is 9.36. The summed E-state index contributed by atoms with van der Waals surface area (Å²) >= 11 is 11.0. The van der Waals surface area contributed by atoms with Crippen LogP contribution in [-0.4, -0.2) is 13.0 Å². The van der Waals surface area contributed by atoms with Crippen molar-refractivity contribution < 1.29 is 13.0 Å². The summed E-state index contributed by atoms with van der Waals surface area (Å²) in [5, 5.41) is 0.147. The lowest BCUT2D eigenvalue weighted by atomic mass is 9.71. The summed E-state index contributed by atoms with van der Waals surface area (Å²) in [6, 6.07) is 3.81. The van der Waals surface area contributed by atoms with E-state index in [0.717, 1.165) is 17.9 Å². The highest BCUT2D eigenvalue weighted by Crippen LogP contribution is 2.40. The van der Waals surface area contributed by atoms with Crippen LogP contribution in [0, 0.1) is 11.8 Å². The predicted octanol–water partition coefficient (Wildman–Crippen LogP) is 4.83. The smallest absolute Gasteiger partial charge is 0.282 e. The van der Waals surface area contributed by atoms with Gasteiger partial charge in [0.2, 0.25) is 0 Å². The van der Waals surface area contributed by atoms with Gasteiger partial charge in [0.25, 0.3) is 10.1 Å². The molecule has 0 aromatic heterocycles. The van der Waals surface area contributed by atoms with Gasteiger partial charge in [-0.2, -0.15) is 8.42 Å². The van der Waals surface area contributed by atoms with E-state index >= 15 is 0 Å². The second-order valence-corrected chi connectivity index (χ2v) is 7.75. The number of rotatable bonds is 1. The molecule has 1 N–H and O–H groups in total. The first-order chi connectivity index (χ1) is 9.36. The maximum atomic E-state index is 10.6. The van der Waals surface area contributed by atoms with Crippen molar-refractivity contribution in [1.82, 2.24) is 0 Å². The van der Waals surface area contributed by atoms with Crippen molar-refractivity contribution in [3.63, 3.8) is 0 Å². The lowest BCUT2D eigenvalue weighted by molar-refractivity contribution is 0.176. The Labute approximate surface area is 130 Å². The number of fused-ring (bicyclic) bond motifs is 3. The average Bonchev–Trinajstić information content (AvgIpc) is 2.43. The van der Waals surface area contributed by atoms with Crippen LogP contribution in [0.4, 0.5) is 0 Å². The molecule has 3 aliphatic rings. The summed E-state index contributed by atoms with van der Waals surface area (Å²) < 4.78 is 29.9. The lowest BCUT2D eigenvalue weighted by Crippen LogP contribution is -2.21. The summed E-state index contributed by atoms with van der Waals surface area (Å²) in [5.74, 6) is 2.31. The molecule has 3 fully saturated rings. The first kappa shape index (κ1) is 16.1. The van der Waals surface area contributed by atoms with Crippen molar-refractivity contribution in [3.8, 4) is 0 Å². The molecule has 6 heteroatoms. The van der Waals surface area contributed by atoms with Gasteiger partial charge in [-0.3, -0.25) is 4.55 Å². The maximum absolute atomic E-state index is 10.6. The molecule has 0 radical (unpaired) electrons. The Morgan fingerprint density at radius 3 is 1.70 bits per heavy atom. The first-order valence-corrected chi connectivity index (χ1v) is 8.98. The minimum absolute atomic E-state index is 0.0538. The topological polar surface area (TPSA) is 54.4 Å². The zero-order valence-electron chi connectivity index (χ0n) is 11.1. The number of hydrogen-bond acceptors (Lipinski definition) is 2. The first-order valence-electron chi connectivity index (χ1n) is 6.79. The fourth-order valence-corrected chi connectivity index (χ4v) is 4.19. The molecule has 4 rings (SSSR count). The zero-order chi connectivity index (χ0) is 14.8. The minimum Gasteiger partial charge on any atom is -0.282 e. The quantitative estimate of drug-likeness (QED) is 0.747. The van der Waals surface area contributed by atoms with Crippen LogP contribution in [0.1, 0.15) is 38.5 Å². The molecule has 2 bridgehead atoms. The molecule has 1 aromatic rings. The Morgan fingerprint density at radius 1 is 0.950 bits per heavy atom. The molecule has 0 atom stereocenters. The standard InChI is InChI=1S/C8H14.C6H4Cl2O3S/c1-2-8-5-3-7(1)4-6-8;7-4-1-2-5(8)6(3-4)12(9,10)11/h7-8H,1-6H2;1-3H,(H,9,10,11). The number of benzene rings is 1. The molecule has 0 unspecified atom stereocenters. The van der Waals surface area contributed by atoms with Crippen LogP contribution in [0.5, 0.6) is 0 Å².